The number of esters is 2. The molecule has 8 heteroatoms. The number of nitrogens with zero attached hydrogens (tertiary/aromatic N) is 1. The Morgan fingerprint density at radius 3 is 2.00 bits per heavy atom. The maximum absolute atomic E-state index is 13.7. The summed E-state index contributed by atoms with van der Waals surface area (Å²) in [5.74, 6) is -1.92. The number of carbonyl (C=O) groups excluding carboxylic acids is 2. The molecule has 1 aromatic heterocycles. The van der Waals surface area contributed by atoms with Crippen LogP contribution in [0.15, 0.2) is 81.6 Å². The number of benzene rings is 2. The van der Waals surface area contributed by atoms with Gasteiger partial charge < -0.3 is 18.8 Å². The molecule has 0 bridgehead atoms. The topological polar surface area (TPSA) is 69.0 Å². The van der Waals surface area contributed by atoms with E-state index in [0.717, 1.165) is 11.3 Å². The molecule has 0 amide bonds. The number of rotatable bonds is 5. The third-order valence-corrected chi connectivity index (χ3v) is 6.54. The Balaban J connectivity index is 1.92. The predicted octanol–water partition coefficient (Wildman–Crippen LogP) is 6.55. The molecule has 0 saturated heterocycles. The highest BCUT2D eigenvalue weighted by atomic mass is 35.5. The Morgan fingerprint density at radius 2 is 1.47 bits per heavy atom. The Labute approximate surface area is 213 Å². The molecule has 1 aliphatic rings. The zero-order valence-corrected chi connectivity index (χ0v) is 21.3. The van der Waals surface area contributed by atoms with Crippen LogP contribution in [0.1, 0.15) is 31.1 Å². The first-order valence-corrected chi connectivity index (χ1v) is 11.6. The lowest BCUT2D eigenvalue weighted by Gasteiger charge is -2.37. The number of anilines is 1. The number of carbonyl (C=O) groups is 2. The van der Waals surface area contributed by atoms with Gasteiger partial charge in [0, 0.05) is 22.6 Å². The molecule has 4 rings (SSSR count). The monoisotopic (exact) mass is 509 g/mol. The zero-order valence-electron chi connectivity index (χ0n) is 20.5. The lowest BCUT2D eigenvalue weighted by Crippen LogP contribution is -2.35. The Morgan fingerprint density at radius 1 is 0.889 bits per heavy atom. The van der Waals surface area contributed by atoms with Crippen LogP contribution in [-0.4, -0.2) is 26.2 Å². The maximum atomic E-state index is 13.7. The fourth-order valence-corrected chi connectivity index (χ4v) is 4.66. The van der Waals surface area contributed by atoms with E-state index < -0.39 is 23.7 Å². The van der Waals surface area contributed by atoms with Crippen molar-refractivity contribution in [1.29, 1.82) is 0 Å². The lowest BCUT2D eigenvalue weighted by molar-refractivity contribution is -0.137. The van der Waals surface area contributed by atoms with Crippen LogP contribution in [0.25, 0.3) is 11.3 Å². The van der Waals surface area contributed by atoms with E-state index in [0.29, 0.717) is 28.5 Å². The molecule has 36 heavy (non-hydrogen) atoms. The van der Waals surface area contributed by atoms with Gasteiger partial charge in [-0.05, 0) is 63.2 Å². The fraction of sp³-hybridized carbons (Fsp3) is 0.214. The summed E-state index contributed by atoms with van der Waals surface area (Å²) in [7, 11) is 2.57. The number of allylic oxidation sites excluding steroid dienone is 2. The van der Waals surface area contributed by atoms with Crippen molar-refractivity contribution < 1.29 is 27.9 Å². The van der Waals surface area contributed by atoms with E-state index in [4.69, 9.17) is 25.5 Å². The molecule has 0 atom stereocenters. The number of hydrogen-bond donors (Lipinski definition) is 0. The van der Waals surface area contributed by atoms with Gasteiger partial charge in [-0.15, -0.1) is 0 Å². The summed E-state index contributed by atoms with van der Waals surface area (Å²) in [4.78, 5) is 28.1. The quantitative estimate of drug-likeness (QED) is 0.363. The van der Waals surface area contributed by atoms with Crippen molar-refractivity contribution >= 4 is 29.2 Å². The molecule has 0 unspecified atom stereocenters. The van der Waals surface area contributed by atoms with Gasteiger partial charge in [0.05, 0.1) is 36.3 Å². The number of methoxy groups -OCH3 is 2. The highest BCUT2D eigenvalue weighted by molar-refractivity contribution is 6.31. The first-order chi connectivity index (χ1) is 17.2. The maximum Gasteiger partial charge on any atom is 0.336 e. The van der Waals surface area contributed by atoms with Gasteiger partial charge >= 0.3 is 11.9 Å². The van der Waals surface area contributed by atoms with Crippen LogP contribution in [0.5, 0.6) is 0 Å². The van der Waals surface area contributed by atoms with Gasteiger partial charge in [-0.1, -0.05) is 29.3 Å². The summed E-state index contributed by atoms with van der Waals surface area (Å²) in [6, 6.07) is 15.3. The predicted molar refractivity (Wildman–Crippen MR) is 135 cm³/mol. The number of hydrogen-bond acceptors (Lipinski definition) is 6. The third kappa shape index (κ3) is 4.42. The van der Waals surface area contributed by atoms with Gasteiger partial charge in [0.25, 0.3) is 0 Å². The van der Waals surface area contributed by atoms with E-state index in [1.54, 1.807) is 26.0 Å². The van der Waals surface area contributed by atoms with Crippen LogP contribution in [0.2, 0.25) is 5.02 Å². The molecule has 0 N–H and O–H groups in total. The summed E-state index contributed by atoms with van der Waals surface area (Å²) < 4.78 is 30.1. The summed E-state index contributed by atoms with van der Waals surface area (Å²) in [5.41, 5.74) is 4.04. The first kappa shape index (κ1) is 25.3. The second kappa shape index (κ2) is 10.0. The SMILES string of the molecule is COC(=O)C1=C(C)N(c2ccc(C)cc2)C(C)=C(C(=O)OC)C1c1ccc(-c2ccc(F)c(Cl)c2)o1. The van der Waals surface area contributed by atoms with E-state index >= 15 is 0 Å². The van der Waals surface area contributed by atoms with Crippen molar-refractivity contribution in [3.05, 3.63) is 99.3 Å². The molecular formula is C28H25ClFNO5. The fourth-order valence-electron chi connectivity index (χ4n) is 4.48. The van der Waals surface area contributed by atoms with E-state index in [1.165, 1.54) is 32.4 Å². The molecule has 0 radical (unpaired) electrons. The van der Waals surface area contributed by atoms with Gasteiger partial charge in [0.2, 0.25) is 0 Å². The molecule has 0 aliphatic carbocycles. The Hall–Kier alpha value is -3.84. The van der Waals surface area contributed by atoms with Crippen LogP contribution >= 0.6 is 11.6 Å². The second-order valence-electron chi connectivity index (χ2n) is 8.42. The van der Waals surface area contributed by atoms with Crippen LogP contribution in [0.3, 0.4) is 0 Å². The van der Waals surface area contributed by atoms with Crippen molar-refractivity contribution in [3.8, 4) is 11.3 Å². The van der Waals surface area contributed by atoms with Crippen molar-refractivity contribution in [2.24, 2.45) is 0 Å². The molecule has 2 aromatic carbocycles. The summed E-state index contributed by atoms with van der Waals surface area (Å²) in [5, 5.41) is -0.0474. The highest BCUT2D eigenvalue weighted by Gasteiger charge is 2.42. The molecule has 0 fully saturated rings. The van der Waals surface area contributed by atoms with Gasteiger partial charge in [-0.3, -0.25) is 0 Å². The molecule has 1 aliphatic heterocycles. The van der Waals surface area contributed by atoms with Gasteiger partial charge in [-0.2, -0.15) is 0 Å². The minimum Gasteiger partial charge on any atom is -0.466 e. The van der Waals surface area contributed by atoms with E-state index in [-0.39, 0.29) is 16.2 Å². The average Bonchev–Trinajstić information content (AvgIpc) is 3.35. The smallest absolute Gasteiger partial charge is 0.336 e. The van der Waals surface area contributed by atoms with Gasteiger partial charge in [0.15, 0.2) is 0 Å². The second-order valence-corrected chi connectivity index (χ2v) is 8.82. The summed E-state index contributed by atoms with van der Waals surface area (Å²) in [6.07, 6.45) is 0. The molecular weight excluding hydrogens is 485 g/mol. The molecule has 3 aromatic rings. The largest absolute Gasteiger partial charge is 0.466 e. The minimum absolute atomic E-state index is 0.0474. The standard InChI is InChI=1S/C28H25ClFNO5/c1-15-6-9-19(10-7-15)31-16(2)24(27(32)34-4)26(25(17(31)3)28(33)35-5)23-13-12-22(36-23)18-8-11-21(30)20(29)14-18/h6-14,26H,1-5H3. The summed E-state index contributed by atoms with van der Waals surface area (Å²) in [6.45, 7) is 5.56. The zero-order chi connectivity index (χ0) is 26.1. The number of ether oxygens (including phenoxy) is 2. The van der Waals surface area contributed by atoms with Crippen molar-refractivity contribution in [2.45, 2.75) is 26.7 Å². The molecule has 0 spiro atoms. The lowest BCUT2D eigenvalue weighted by atomic mass is 9.82. The van der Waals surface area contributed by atoms with Crippen LogP contribution in [0.4, 0.5) is 10.1 Å². The van der Waals surface area contributed by atoms with Crippen molar-refractivity contribution in [3.63, 3.8) is 0 Å². The van der Waals surface area contributed by atoms with Crippen molar-refractivity contribution in [2.75, 3.05) is 19.1 Å². The molecule has 2 heterocycles. The van der Waals surface area contributed by atoms with E-state index in [2.05, 4.69) is 0 Å². The number of aryl methyl sites for hydroxylation is 1. The molecule has 186 valence electrons. The van der Waals surface area contributed by atoms with Crippen LogP contribution in [-0.2, 0) is 19.1 Å². The molecule has 0 saturated carbocycles. The highest BCUT2D eigenvalue weighted by Crippen LogP contribution is 2.45. The van der Waals surface area contributed by atoms with E-state index in [1.807, 2.05) is 36.1 Å². The Bertz CT molecular complexity index is 1360. The first-order valence-electron chi connectivity index (χ1n) is 11.2. The van der Waals surface area contributed by atoms with Crippen LogP contribution < -0.4 is 4.90 Å². The van der Waals surface area contributed by atoms with Gasteiger partial charge in [0.1, 0.15) is 17.3 Å². The van der Waals surface area contributed by atoms with Gasteiger partial charge in [-0.25, -0.2) is 14.0 Å². The summed E-state index contributed by atoms with van der Waals surface area (Å²) >= 11 is 5.95. The third-order valence-electron chi connectivity index (χ3n) is 6.25. The average molecular weight is 510 g/mol. The van der Waals surface area contributed by atoms with E-state index in [9.17, 15) is 14.0 Å². The van der Waals surface area contributed by atoms with Crippen molar-refractivity contribution in [1.82, 2.24) is 0 Å². The number of furan rings is 1. The number of halogens is 2. The normalized spacial score (nSPS) is 14.4. The molecule has 6 nitrogen and oxygen atoms in total. The van der Waals surface area contributed by atoms with Crippen LogP contribution in [0, 0.1) is 12.7 Å². The minimum atomic E-state index is -0.892. The Kier molecular flexibility index (Phi) is 7.04.